The van der Waals surface area contributed by atoms with Gasteiger partial charge >= 0.3 is 5.97 Å². The smallest absolute Gasteiger partial charge is 0.339 e. The first kappa shape index (κ1) is 9.71. The van der Waals surface area contributed by atoms with E-state index in [1.54, 1.807) is 0 Å². The van der Waals surface area contributed by atoms with Gasteiger partial charge in [0.15, 0.2) is 0 Å². The molecule has 1 aromatic carbocycles. The average Bonchev–Trinajstić information content (AvgIpc) is 2.17. The van der Waals surface area contributed by atoms with Gasteiger partial charge < -0.3 is 10.2 Å². The summed E-state index contributed by atoms with van der Waals surface area (Å²) in [6.45, 7) is 0. The van der Waals surface area contributed by atoms with Gasteiger partial charge in [-0.1, -0.05) is 6.07 Å². The summed E-state index contributed by atoms with van der Waals surface area (Å²) in [6, 6.07) is 3.90. The SMILES string of the molecule is O=C(O)C1=C(O)CCc2cc(F)ccc21. The largest absolute Gasteiger partial charge is 0.511 e. The van der Waals surface area contributed by atoms with Crippen molar-refractivity contribution in [1.82, 2.24) is 0 Å². The van der Waals surface area contributed by atoms with Crippen LogP contribution in [0.1, 0.15) is 17.5 Å². The summed E-state index contributed by atoms with van der Waals surface area (Å²) >= 11 is 0. The van der Waals surface area contributed by atoms with E-state index in [1.807, 2.05) is 0 Å². The second kappa shape index (κ2) is 3.38. The summed E-state index contributed by atoms with van der Waals surface area (Å²) in [5.41, 5.74) is 0.925. The minimum atomic E-state index is -1.18. The lowest BCUT2D eigenvalue weighted by molar-refractivity contribution is -0.130. The molecule has 1 aliphatic carbocycles. The molecule has 0 fully saturated rings. The van der Waals surface area contributed by atoms with E-state index in [-0.39, 0.29) is 23.6 Å². The highest BCUT2D eigenvalue weighted by atomic mass is 19.1. The van der Waals surface area contributed by atoms with Crippen LogP contribution in [0.2, 0.25) is 0 Å². The van der Waals surface area contributed by atoms with Gasteiger partial charge in [-0.3, -0.25) is 0 Å². The number of halogens is 1. The predicted molar refractivity (Wildman–Crippen MR) is 51.9 cm³/mol. The molecule has 3 nitrogen and oxygen atoms in total. The van der Waals surface area contributed by atoms with Gasteiger partial charge in [0.25, 0.3) is 0 Å². The first-order chi connectivity index (χ1) is 7.09. The van der Waals surface area contributed by atoms with Gasteiger partial charge in [0, 0.05) is 6.42 Å². The van der Waals surface area contributed by atoms with Crippen molar-refractivity contribution < 1.29 is 19.4 Å². The number of benzene rings is 1. The Kier molecular flexibility index (Phi) is 2.19. The molecule has 2 rings (SSSR count). The maximum atomic E-state index is 12.9. The summed E-state index contributed by atoms with van der Waals surface area (Å²) in [5.74, 6) is -1.71. The monoisotopic (exact) mass is 208 g/mol. The molecule has 78 valence electrons. The van der Waals surface area contributed by atoms with Gasteiger partial charge in [-0.05, 0) is 29.7 Å². The van der Waals surface area contributed by atoms with E-state index in [0.717, 1.165) is 0 Å². The van der Waals surface area contributed by atoms with Crippen LogP contribution < -0.4 is 0 Å². The Hall–Kier alpha value is -1.84. The minimum Gasteiger partial charge on any atom is -0.511 e. The van der Waals surface area contributed by atoms with Crippen molar-refractivity contribution in [2.45, 2.75) is 12.8 Å². The van der Waals surface area contributed by atoms with Crippen molar-refractivity contribution in [3.63, 3.8) is 0 Å². The first-order valence-electron chi connectivity index (χ1n) is 4.54. The van der Waals surface area contributed by atoms with E-state index in [2.05, 4.69) is 0 Å². The van der Waals surface area contributed by atoms with Crippen molar-refractivity contribution in [3.05, 3.63) is 40.9 Å². The number of hydrogen-bond acceptors (Lipinski definition) is 2. The van der Waals surface area contributed by atoms with Crippen molar-refractivity contribution in [1.29, 1.82) is 0 Å². The standard InChI is InChI=1S/C11H9FO3/c12-7-2-3-8-6(5-7)1-4-9(13)10(8)11(14)15/h2-3,5,13H,1,4H2,(H,14,15). The molecule has 4 heteroatoms. The quantitative estimate of drug-likeness (QED) is 0.743. The lowest BCUT2D eigenvalue weighted by Crippen LogP contribution is -2.11. The number of aliphatic hydroxyl groups is 1. The number of carboxylic acids is 1. The van der Waals surface area contributed by atoms with Crippen LogP contribution in [-0.2, 0) is 11.2 Å². The number of rotatable bonds is 1. The Bertz CT molecular complexity index is 463. The Balaban J connectivity index is 2.62. The number of fused-ring (bicyclic) bond motifs is 1. The van der Waals surface area contributed by atoms with Crippen LogP contribution in [0.4, 0.5) is 4.39 Å². The molecule has 0 aromatic heterocycles. The van der Waals surface area contributed by atoms with Crippen LogP contribution in [0, 0.1) is 5.82 Å². The third kappa shape index (κ3) is 1.58. The van der Waals surface area contributed by atoms with Gasteiger partial charge in [0.1, 0.15) is 17.1 Å². The first-order valence-corrected chi connectivity index (χ1v) is 4.54. The van der Waals surface area contributed by atoms with Crippen LogP contribution in [0.15, 0.2) is 24.0 Å². The lowest BCUT2D eigenvalue weighted by atomic mass is 9.89. The maximum Gasteiger partial charge on any atom is 0.339 e. The summed E-state index contributed by atoms with van der Waals surface area (Å²) in [7, 11) is 0. The van der Waals surface area contributed by atoms with E-state index in [1.165, 1.54) is 18.2 Å². The molecule has 0 radical (unpaired) electrons. The molecule has 2 N–H and O–H groups in total. The molecule has 0 heterocycles. The molecular weight excluding hydrogens is 199 g/mol. The number of aliphatic carboxylic acids is 1. The Morgan fingerprint density at radius 1 is 1.33 bits per heavy atom. The fourth-order valence-electron chi connectivity index (χ4n) is 1.79. The zero-order chi connectivity index (χ0) is 11.0. The number of allylic oxidation sites excluding steroid dienone is 1. The molecule has 0 spiro atoms. The van der Waals surface area contributed by atoms with Crippen LogP contribution in [0.5, 0.6) is 0 Å². The fourth-order valence-corrected chi connectivity index (χ4v) is 1.79. The van der Waals surface area contributed by atoms with E-state index in [0.29, 0.717) is 17.5 Å². The Labute approximate surface area is 85.5 Å². The van der Waals surface area contributed by atoms with Crippen LogP contribution in [0.3, 0.4) is 0 Å². The van der Waals surface area contributed by atoms with Crippen molar-refractivity contribution in [3.8, 4) is 0 Å². The molecule has 15 heavy (non-hydrogen) atoms. The van der Waals surface area contributed by atoms with E-state index in [4.69, 9.17) is 5.11 Å². The van der Waals surface area contributed by atoms with E-state index < -0.39 is 5.97 Å². The molecular formula is C11H9FO3. The second-order valence-electron chi connectivity index (χ2n) is 3.43. The molecule has 0 unspecified atom stereocenters. The zero-order valence-electron chi connectivity index (χ0n) is 7.83. The third-order valence-corrected chi connectivity index (χ3v) is 2.47. The van der Waals surface area contributed by atoms with E-state index in [9.17, 15) is 14.3 Å². The lowest BCUT2D eigenvalue weighted by Gasteiger charge is -2.17. The maximum absolute atomic E-state index is 12.9. The molecule has 0 amide bonds. The third-order valence-electron chi connectivity index (χ3n) is 2.47. The number of carbonyl (C=O) groups is 1. The summed E-state index contributed by atoms with van der Waals surface area (Å²) < 4.78 is 12.9. The van der Waals surface area contributed by atoms with Crippen LogP contribution in [-0.4, -0.2) is 16.2 Å². The Morgan fingerprint density at radius 2 is 2.07 bits per heavy atom. The second-order valence-corrected chi connectivity index (χ2v) is 3.43. The summed E-state index contributed by atoms with van der Waals surface area (Å²) in [4.78, 5) is 10.9. The van der Waals surface area contributed by atoms with Crippen LogP contribution in [0.25, 0.3) is 5.57 Å². The zero-order valence-corrected chi connectivity index (χ0v) is 7.83. The fraction of sp³-hybridized carbons (Fsp3) is 0.182. The molecule has 0 saturated heterocycles. The van der Waals surface area contributed by atoms with Crippen molar-refractivity contribution in [2.24, 2.45) is 0 Å². The molecule has 1 aliphatic rings. The van der Waals surface area contributed by atoms with Gasteiger partial charge in [0.2, 0.25) is 0 Å². The summed E-state index contributed by atoms with van der Waals surface area (Å²) in [6.07, 6.45) is 0.716. The number of aryl methyl sites for hydroxylation is 1. The topological polar surface area (TPSA) is 57.5 Å². The summed E-state index contributed by atoms with van der Waals surface area (Å²) in [5, 5.41) is 18.4. The minimum absolute atomic E-state index is 0.115. The van der Waals surface area contributed by atoms with Gasteiger partial charge in [0.05, 0.1) is 0 Å². The number of carboxylic acid groups (broad SMARTS) is 1. The van der Waals surface area contributed by atoms with Crippen LogP contribution >= 0.6 is 0 Å². The molecule has 0 aliphatic heterocycles. The molecule has 0 saturated carbocycles. The highest BCUT2D eigenvalue weighted by molar-refractivity contribution is 6.16. The van der Waals surface area contributed by atoms with Gasteiger partial charge in [-0.25, -0.2) is 9.18 Å². The van der Waals surface area contributed by atoms with Gasteiger partial charge in [-0.2, -0.15) is 0 Å². The highest BCUT2D eigenvalue weighted by Gasteiger charge is 2.23. The number of hydrogen-bond donors (Lipinski definition) is 2. The van der Waals surface area contributed by atoms with Gasteiger partial charge in [-0.15, -0.1) is 0 Å². The van der Waals surface area contributed by atoms with E-state index >= 15 is 0 Å². The van der Waals surface area contributed by atoms with Crippen molar-refractivity contribution in [2.75, 3.05) is 0 Å². The molecule has 0 bridgehead atoms. The highest BCUT2D eigenvalue weighted by Crippen LogP contribution is 2.30. The normalized spacial score (nSPS) is 15.0. The predicted octanol–water partition coefficient (Wildman–Crippen LogP) is 2.13. The number of aliphatic hydroxyl groups excluding tert-OH is 1. The molecule has 1 aromatic rings. The average molecular weight is 208 g/mol. The van der Waals surface area contributed by atoms with Crippen molar-refractivity contribution >= 4 is 11.5 Å². The Morgan fingerprint density at radius 3 is 2.73 bits per heavy atom. The molecule has 0 atom stereocenters.